The third-order valence-electron chi connectivity index (χ3n) is 3.42. The van der Waals surface area contributed by atoms with Crippen LogP contribution in [0.25, 0.3) is 0 Å². The number of hydrogen-bond donors (Lipinski definition) is 0. The molecule has 1 aliphatic rings. The Bertz CT molecular complexity index is 526. The molecule has 0 aromatic carbocycles. The van der Waals surface area contributed by atoms with Crippen LogP contribution in [-0.2, 0) is 14.4 Å². The number of anilines is 1. The van der Waals surface area contributed by atoms with Gasteiger partial charge in [-0.3, -0.25) is 19.4 Å². The number of amides is 3. The molecule has 100 valence electrons. The van der Waals surface area contributed by atoms with E-state index in [1.165, 1.54) is 11.1 Å². The third kappa shape index (κ3) is 2.21. The first kappa shape index (κ1) is 13.2. The van der Waals surface area contributed by atoms with E-state index in [-0.39, 0.29) is 5.91 Å². The number of pyridine rings is 1. The first-order valence-electron chi connectivity index (χ1n) is 5.94. The fourth-order valence-corrected chi connectivity index (χ4v) is 2.06. The molecule has 1 aromatic rings. The summed E-state index contributed by atoms with van der Waals surface area (Å²) in [6, 6.07) is 1.70. The summed E-state index contributed by atoms with van der Waals surface area (Å²) in [6.07, 6.45) is 5.33. The highest BCUT2D eigenvalue weighted by molar-refractivity contribution is 6.13. The average molecular weight is 261 g/mol. The zero-order valence-corrected chi connectivity index (χ0v) is 10.9. The molecule has 2 rings (SSSR count). The van der Waals surface area contributed by atoms with Crippen molar-refractivity contribution in [1.82, 2.24) is 9.88 Å². The highest BCUT2D eigenvalue weighted by Gasteiger charge is 2.55. The summed E-state index contributed by atoms with van der Waals surface area (Å²) >= 11 is 0. The number of aryl methyl sites for hydroxylation is 1. The number of imide groups is 1. The van der Waals surface area contributed by atoms with E-state index in [2.05, 4.69) is 4.98 Å². The van der Waals surface area contributed by atoms with Crippen LogP contribution in [0.2, 0.25) is 0 Å². The second-order valence-electron chi connectivity index (χ2n) is 4.75. The Hall–Kier alpha value is -2.24. The predicted molar refractivity (Wildman–Crippen MR) is 68.3 cm³/mol. The Balaban J connectivity index is 2.31. The molecule has 0 spiro atoms. The second-order valence-corrected chi connectivity index (χ2v) is 4.75. The van der Waals surface area contributed by atoms with Gasteiger partial charge in [-0.1, -0.05) is 0 Å². The van der Waals surface area contributed by atoms with Gasteiger partial charge in [0.25, 0.3) is 5.91 Å². The SMILES string of the molecule is Cc1cncc(N(C=O)C(=O)C2(N(C)C=O)CC2)c1. The van der Waals surface area contributed by atoms with E-state index in [1.54, 1.807) is 19.3 Å². The summed E-state index contributed by atoms with van der Waals surface area (Å²) in [5.41, 5.74) is 0.406. The van der Waals surface area contributed by atoms with Crippen molar-refractivity contribution < 1.29 is 14.4 Å². The zero-order chi connectivity index (χ0) is 14.0. The van der Waals surface area contributed by atoms with E-state index in [1.807, 2.05) is 6.92 Å². The lowest BCUT2D eigenvalue weighted by Crippen LogP contribution is -2.48. The smallest absolute Gasteiger partial charge is 0.259 e. The number of aromatic nitrogens is 1. The molecule has 0 radical (unpaired) electrons. The molecule has 1 heterocycles. The first-order valence-corrected chi connectivity index (χ1v) is 5.94. The van der Waals surface area contributed by atoms with E-state index in [0.29, 0.717) is 31.3 Å². The van der Waals surface area contributed by atoms with Crippen molar-refractivity contribution in [2.24, 2.45) is 0 Å². The van der Waals surface area contributed by atoms with Crippen molar-refractivity contribution in [3.8, 4) is 0 Å². The van der Waals surface area contributed by atoms with Crippen molar-refractivity contribution in [1.29, 1.82) is 0 Å². The van der Waals surface area contributed by atoms with Gasteiger partial charge in [-0.15, -0.1) is 0 Å². The summed E-state index contributed by atoms with van der Waals surface area (Å²) in [5.74, 6) is -0.385. The number of likely N-dealkylation sites (N-methyl/N-ethyl adjacent to an activating group) is 1. The number of nitrogens with zero attached hydrogens (tertiary/aromatic N) is 3. The molecule has 1 saturated carbocycles. The van der Waals surface area contributed by atoms with Crippen LogP contribution < -0.4 is 4.90 Å². The van der Waals surface area contributed by atoms with Gasteiger partial charge in [-0.05, 0) is 31.4 Å². The molecular weight excluding hydrogens is 246 g/mol. The number of hydrogen-bond acceptors (Lipinski definition) is 4. The van der Waals surface area contributed by atoms with E-state index in [9.17, 15) is 14.4 Å². The lowest BCUT2D eigenvalue weighted by Gasteiger charge is -2.27. The van der Waals surface area contributed by atoms with Gasteiger partial charge < -0.3 is 4.90 Å². The van der Waals surface area contributed by atoms with Crippen LogP contribution in [-0.4, -0.2) is 41.2 Å². The van der Waals surface area contributed by atoms with Crippen molar-refractivity contribution in [2.75, 3.05) is 11.9 Å². The minimum atomic E-state index is -0.869. The highest BCUT2D eigenvalue weighted by atomic mass is 16.2. The summed E-state index contributed by atoms with van der Waals surface area (Å²) in [5, 5.41) is 0. The molecule has 6 nitrogen and oxygen atoms in total. The Morgan fingerprint density at radius 1 is 1.32 bits per heavy atom. The van der Waals surface area contributed by atoms with Crippen LogP contribution in [0, 0.1) is 6.92 Å². The number of rotatable bonds is 5. The van der Waals surface area contributed by atoms with Crippen molar-refractivity contribution in [3.63, 3.8) is 0 Å². The van der Waals surface area contributed by atoms with Gasteiger partial charge in [0.2, 0.25) is 12.8 Å². The standard InChI is InChI=1S/C13H15N3O3/c1-10-5-11(7-14-6-10)16(9-18)12(19)13(3-4-13)15(2)8-17/h5-9H,3-4H2,1-2H3. The normalized spacial score (nSPS) is 15.5. The molecule has 0 atom stereocenters. The Morgan fingerprint density at radius 2 is 2.00 bits per heavy atom. The fraction of sp³-hybridized carbons (Fsp3) is 0.385. The van der Waals surface area contributed by atoms with Gasteiger partial charge in [-0.2, -0.15) is 0 Å². The van der Waals surface area contributed by atoms with Crippen LogP contribution >= 0.6 is 0 Å². The second kappa shape index (κ2) is 4.79. The molecule has 1 aliphatic carbocycles. The summed E-state index contributed by atoms with van der Waals surface area (Å²) in [6.45, 7) is 1.83. The fourth-order valence-electron chi connectivity index (χ4n) is 2.06. The molecule has 1 fully saturated rings. The molecular formula is C13H15N3O3. The highest BCUT2D eigenvalue weighted by Crippen LogP contribution is 2.42. The Kier molecular flexibility index (Phi) is 3.33. The van der Waals surface area contributed by atoms with Crippen LogP contribution in [0.3, 0.4) is 0 Å². The summed E-state index contributed by atoms with van der Waals surface area (Å²) < 4.78 is 0. The van der Waals surface area contributed by atoms with Crippen molar-refractivity contribution in [3.05, 3.63) is 24.0 Å². The molecule has 0 N–H and O–H groups in total. The quantitative estimate of drug-likeness (QED) is 0.724. The van der Waals surface area contributed by atoms with Gasteiger partial charge in [0, 0.05) is 13.2 Å². The molecule has 3 amide bonds. The van der Waals surface area contributed by atoms with Crippen LogP contribution in [0.4, 0.5) is 5.69 Å². The van der Waals surface area contributed by atoms with Crippen LogP contribution in [0.15, 0.2) is 18.5 Å². The van der Waals surface area contributed by atoms with Crippen molar-refractivity contribution in [2.45, 2.75) is 25.3 Å². The van der Waals surface area contributed by atoms with Crippen LogP contribution in [0.5, 0.6) is 0 Å². The molecule has 0 bridgehead atoms. The van der Waals surface area contributed by atoms with Crippen molar-refractivity contribution >= 4 is 24.4 Å². The Labute approximate surface area is 111 Å². The van der Waals surface area contributed by atoms with Gasteiger partial charge in [0.05, 0.1) is 11.9 Å². The van der Waals surface area contributed by atoms with Gasteiger partial charge in [0.15, 0.2) is 0 Å². The van der Waals surface area contributed by atoms with Gasteiger partial charge >= 0.3 is 0 Å². The molecule has 0 aliphatic heterocycles. The summed E-state index contributed by atoms with van der Waals surface area (Å²) in [7, 11) is 1.55. The molecule has 19 heavy (non-hydrogen) atoms. The molecule has 0 saturated heterocycles. The molecule has 0 unspecified atom stereocenters. The monoisotopic (exact) mass is 261 g/mol. The average Bonchev–Trinajstić information content (AvgIpc) is 3.20. The van der Waals surface area contributed by atoms with Crippen LogP contribution in [0.1, 0.15) is 18.4 Å². The van der Waals surface area contributed by atoms with E-state index in [0.717, 1.165) is 10.5 Å². The maximum absolute atomic E-state index is 12.4. The number of carbonyl (C=O) groups excluding carboxylic acids is 3. The largest absolute Gasteiger partial charge is 0.334 e. The minimum Gasteiger partial charge on any atom is -0.334 e. The molecule has 1 aromatic heterocycles. The summed E-state index contributed by atoms with van der Waals surface area (Å²) in [4.78, 5) is 40.8. The minimum absolute atomic E-state index is 0.385. The number of carbonyl (C=O) groups is 3. The molecule has 6 heteroatoms. The topological polar surface area (TPSA) is 70.6 Å². The zero-order valence-electron chi connectivity index (χ0n) is 10.9. The first-order chi connectivity index (χ1) is 9.05. The van der Waals surface area contributed by atoms with Gasteiger partial charge in [-0.25, -0.2) is 4.90 Å². The van der Waals surface area contributed by atoms with E-state index in [4.69, 9.17) is 0 Å². The maximum atomic E-state index is 12.4. The third-order valence-corrected chi connectivity index (χ3v) is 3.42. The predicted octanol–water partition coefficient (Wildman–Crippen LogP) is 0.500. The van der Waals surface area contributed by atoms with Gasteiger partial charge in [0.1, 0.15) is 5.54 Å². The maximum Gasteiger partial charge on any atom is 0.259 e. The lowest BCUT2D eigenvalue weighted by molar-refractivity contribution is -0.133. The van der Waals surface area contributed by atoms with E-state index >= 15 is 0 Å². The lowest BCUT2D eigenvalue weighted by atomic mass is 10.2. The Morgan fingerprint density at radius 3 is 2.47 bits per heavy atom. The van der Waals surface area contributed by atoms with E-state index < -0.39 is 5.54 Å².